The molecule has 3 N–H and O–H groups in total. The molecule has 0 spiro atoms. The number of rotatable bonds is 15. The van der Waals surface area contributed by atoms with Gasteiger partial charge >= 0.3 is 12.1 Å². The minimum Gasteiger partial charge on any atom is -0.481 e. The molecule has 0 bridgehead atoms. The van der Waals surface area contributed by atoms with E-state index in [9.17, 15) is 31.5 Å². The minimum atomic E-state index is -4.81. The van der Waals surface area contributed by atoms with Crippen LogP contribution in [0.4, 0.5) is 13.2 Å². The van der Waals surface area contributed by atoms with Crippen molar-refractivity contribution >= 4 is 27.3 Å². The van der Waals surface area contributed by atoms with Crippen molar-refractivity contribution in [3.8, 4) is 11.1 Å². The summed E-state index contributed by atoms with van der Waals surface area (Å²) >= 11 is 1.70. The summed E-state index contributed by atoms with van der Waals surface area (Å²) in [7, 11) is -3.19. The Labute approximate surface area is 248 Å². The second kappa shape index (κ2) is 14.1. The fourth-order valence-electron chi connectivity index (χ4n) is 4.34. The first kappa shape index (κ1) is 33.7. The Morgan fingerprint density at radius 3 is 2.45 bits per heavy atom. The number of hydrogen-bond acceptors (Lipinski definition) is 7. The van der Waals surface area contributed by atoms with Crippen LogP contribution in [0.2, 0.25) is 0 Å². The normalized spacial score (nSPS) is 13.4. The molecular formula is C29H36F3N3O5S2. The highest BCUT2D eigenvalue weighted by atomic mass is 32.2. The van der Waals surface area contributed by atoms with Gasteiger partial charge in [0.25, 0.3) is 0 Å². The molecule has 0 fully saturated rings. The van der Waals surface area contributed by atoms with E-state index in [4.69, 9.17) is 5.11 Å². The van der Waals surface area contributed by atoms with Crippen LogP contribution in [0, 0.1) is 0 Å². The number of alkyl halides is 3. The van der Waals surface area contributed by atoms with Crippen LogP contribution in [0.15, 0.2) is 58.9 Å². The van der Waals surface area contributed by atoms with E-state index in [1.165, 1.54) is 30.3 Å². The largest absolute Gasteiger partial charge is 0.481 e. The fourth-order valence-corrected chi connectivity index (χ4v) is 6.37. The molecule has 1 aromatic carbocycles. The SMILES string of the molecule is CN(C[C@H](O)CNC(C)(C)CCCc1cccs1)S(=O)(=O)c1cc(-c2ccc(CCC(=O)O)nc2)cc(C(F)(F)F)c1. The van der Waals surface area contributed by atoms with Gasteiger partial charge in [-0.2, -0.15) is 17.5 Å². The van der Waals surface area contributed by atoms with Crippen LogP contribution < -0.4 is 5.32 Å². The van der Waals surface area contributed by atoms with Gasteiger partial charge < -0.3 is 15.5 Å². The van der Waals surface area contributed by atoms with E-state index in [1.54, 1.807) is 11.3 Å². The number of aliphatic carboxylic acids is 1. The number of carboxylic acids is 1. The standard InChI is InChI=1S/C29H36F3N3O5S2/c1-28(2,12-4-6-25-7-5-13-41-25)34-18-24(36)19-35(3)42(39,40)26-15-21(14-22(16-26)29(30,31)32)20-8-9-23(33-17-20)10-11-27(37)38/h5,7-9,13-17,24,34,36H,4,6,10-12,18-19H2,1-3H3,(H,37,38)/t24-/m1/s1. The first-order chi connectivity index (χ1) is 19.6. The number of carbonyl (C=O) groups is 1. The number of nitrogens with zero attached hydrogens (tertiary/aromatic N) is 2. The third-order valence-electron chi connectivity index (χ3n) is 6.78. The number of aryl methyl sites for hydroxylation is 2. The van der Waals surface area contributed by atoms with Gasteiger partial charge in [0.15, 0.2) is 0 Å². The number of carboxylic acid groups (broad SMARTS) is 1. The predicted octanol–water partition coefficient (Wildman–Crippen LogP) is 5.22. The molecule has 8 nitrogen and oxygen atoms in total. The zero-order valence-electron chi connectivity index (χ0n) is 23.7. The van der Waals surface area contributed by atoms with E-state index in [1.807, 2.05) is 25.3 Å². The fraction of sp³-hybridized carbons (Fsp3) is 0.448. The molecule has 0 radical (unpaired) electrons. The highest BCUT2D eigenvalue weighted by molar-refractivity contribution is 7.89. The molecule has 0 aliphatic carbocycles. The molecular weight excluding hydrogens is 591 g/mol. The predicted molar refractivity (Wildman–Crippen MR) is 156 cm³/mol. The number of hydrogen-bond donors (Lipinski definition) is 3. The summed E-state index contributed by atoms with van der Waals surface area (Å²) in [6.07, 6.45) is -1.94. The van der Waals surface area contributed by atoms with E-state index in [2.05, 4.69) is 16.4 Å². The molecule has 13 heteroatoms. The highest BCUT2D eigenvalue weighted by Crippen LogP contribution is 2.35. The smallest absolute Gasteiger partial charge is 0.416 e. The lowest BCUT2D eigenvalue weighted by molar-refractivity contribution is -0.138. The van der Waals surface area contributed by atoms with Crippen molar-refractivity contribution < 1.29 is 36.6 Å². The highest BCUT2D eigenvalue weighted by Gasteiger charge is 2.34. The number of aliphatic hydroxyl groups is 1. The summed E-state index contributed by atoms with van der Waals surface area (Å²) in [4.78, 5) is 15.6. The van der Waals surface area contributed by atoms with Gasteiger partial charge in [0.1, 0.15) is 0 Å². The van der Waals surface area contributed by atoms with Gasteiger partial charge in [0.05, 0.1) is 23.0 Å². The molecule has 3 aromatic rings. The molecule has 0 aliphatic rings. The number of aromatic nitrogens is 1. The number of halogens is 3. The quantitative estimate of drug-likeness (QED) is 0.211. The van der Waals surface area contributed by atoms with Gasteiger partial charge in [-0.25, -0.2) is 8.42 Å². The lowest BCUT2D eigenvalue weighted by atomic mass is 9.96. The van der Waals surface area contributed by atoms with E-state index in [0.717, 1.165) is 35.7 Å². The van der Waals surface area contributed by atoms with Gasteiger partial charge in [0, 0.05) is 54.4 Å². The van der Waals surface area contributed by atoms with Crippen LogP contribution >= 0.6 is 11.3 Å². The Hall–Kier alpha value is -2.84. The minimum absolute atomic E-state index is 0.0133. The molecule has 0 aliphatic heterocycles. The molecule has 42 heavy (non-hydrogen) atoms. The third-order valence-corrected chi connectivity index (χ3v) is 9.52. The summed E-state index contributed by atoms with van der Waals surface area (Å²) in [5.74, 6) is -1.01. The second-order valence-electron chi connectivity index (χ2n) is 10.8. The zero-order valence-corrected chi connectivity index (χ0v) is 25.3. The van der Waals surface area contributed by atoms with Gasteiger partial charge in [-0.3, -0.25) is 9.78 Å². The Bertz CT molecular complexity index is 1430. The van der Waals surface area contributed by atoms with E-state index < -0.39 is 38.7 Å². The van der Waals surface area contributed by atoms with Gasteiger partial charge in [-0.05, 0) is 74.4 Å². The molecule has 0 saturated carbocycles. The lowest BCUT2D eigenvalue weighted by Gasteiger charge is -2.29. The van der Waals surface area contributed by atoms with Gasteiger partial charge in [-0.1, -0.05) is 12.1 Å². The Morgan fingerprint density at radius 1 is 1.12 bits per heavy atom. The number of pyridine rings is 1. The third kappa shape index (κ3) is 9.87. The maximum atomic E-state index is 13.8. The molecule has 0 unspecified atom stereocenters. The lowest BCUT2D eigenvalue weighted by Crippen LogP contribution is -2.46. The molecule has 2 aromatic heterocycles. The van der Waals surface area contributed by atoms with Crippen molar-refractivity contribution in [3.63, 3.8) is 0 Å². The number of likely N-dealkylation sites (N-methyl/N-ethyl adjacent to an activating group) is 1. The first-order valence-corrected chi connectivity index (χ1v) is 15.7. The average Bonchev–Trinajstić information content (AvgIpc) is 3.44. The Balaban J connectivity index is 1.71. The van der Waals surface area contributed by atoms with Gasteiger partial charge in [-0.15, -0.1) is 11.3 Å². The van der Waals surface area contributed by atoms with Crippen LogP contribution in [0.25, 0.3) is 11.1 Å². The number of nitrogens with one attached hydrogen (secondary N) is 1. The number of aliphatic hydroxyl groups excluding tert-OH is 1. The number of thiophene rings is 1. The van der Waals surface area contributed by atoms with E-state index >= 15 is 0 Å². The van der Waals surface area contributed by atoms with Crippen molar-refractivity contribution in [1.82, 2.24) is 14.6 Å². The van der Waals surface area contributed by atoms with E-state index in [-0.39, 0.29) is 42.6 Å². The molecule has 2 heterocycles. The maximum Gasteiger partial charge on any atom is 0.416 e. The summed E-state index contributed by atoms with van der Waals surface area (Å²) in [5.41, 5.74) is -0.795. The molecule has 1 atom stereocenters. The molecule has 230 valence electrons. The zero-order chi connectivity index (χ0) is 31.1. The number of benzene rings is 1. The summed E-state index contributed by atoms with van der Waals surface area (Å²) in [5, 5.41) is 24.7. The topological polar surface area (TPSA) is 120 Å². The number of β-amino-alcohol motifs (C(OH)–C–C–N with tert-alkyl or cyclic N) is 1. The monoisotopic (exact) mass is 627 g/mol. The molecule has 3 rings (SSSR count). The van der Waals surface area contributed by atoms with Crippen molar-refractivity contribution in [2.75, 3.05) is 20.1 Å². The van der Waals surface area contributed by atoms with Crippen molar-refractivity contribution in [2.24, 2.45) is 0 Å². The van der Waals surface area contributed by atoms with Crippen molar-refractivity contribution in [2.45, 2.75) is 68.7 Å². The van der Waals surface area contributed by atoms with Crippen LogP contribution in [-0.2, 0) is 33.8 Å². The Morgan fingerprint density at radius 2 is 1.86 bits per heavy atom. The first-order valence-electron chi connectivity index (χ1n) is 13.4. The average molecular weight is 628 g/mol. The Kier molecular flexibility index (Phi) is 11.3. The summed E-state index contributed by atoms with van der Waals surface area (Å²) in [6, 6.07) is 9.60. The van der Waals surface area contributed by atoms with Crippen LogP contribution in [0.5, 0.6) is 0 Å². The maximum absolute atomic E-state index is 13.8. The van der Waals surface area contributed by atoms with Gasteiger partial charge in [0.2, 0.25) is 10.0 Å². The summed E-state index contributed by atoms with van der Waals surface area (Å²) in [6.45, 7) is 3.75. The van der Waals surface area contributed by atoms with Crippen LogP contribution in [0.3, 0.4) is 0 Å². The van der Waals surface area contributed by atoms with Crippen LogP contribution in [-0.4, -0.2) is 65.7 Å². The molecule has 0 saturated heterocycles. The number of sulfonamides is 1. The van der Waals surface area contributed by atoms with Crippen LogP contribution in [0.1, 0.15) is 49.2 Å². The van der Waals surface area contributed by atoms with E-state index in [0.29, 0.717) is 11.8 Å². The second-order valence-corrected chi connectivity index (χ2v) is 13.9. The van der Waals surface area contributed by atoms with Crippen molar-refractivity contribution in [1.29, 1.82) is 0 Å². The molecule has 0 amide bonds. The van der Waals surface area contributed by atoms with Crippen molar-refractivity contribution in [3.05, 3.63) is 70.2 Å². The summed E-state index contributed by atoms with van der Waals surface area (Å²) < 4.78 is 68.8.